The molecule has 1 aliphatic carbocycles. The van der Waals surface area contributed by atoms with E-state index in [-0.39, 0.29) is 36.2 Å². The van der Waals surface area contributed by atoms with Gasteiger partial charge >= 0.3 is 6.18 Å². The minimum Gasteiger partial charge on any atom is -0.310 e. The number of nitrogens with one attached hydrogen (secondary N) is 1. The Morgan fingerprint density at radius 1 is 1.43 bits per heavy atom. The normalized spacial score (nSPS) is 16.4. The van der Waals surface area contributed by atoms with Crippen molar-refractivity contribution in [1.82, 2.24) is 15.1 Å². The van der Waals surface area contributed by atoms with Gasteiger partial charge in [0.05, 0.1) is 18.5 Å². The van der Waals surface area contributed by atoms with Crippen LogP contribution in [0, 0.1) is 0 Å². The van der Waals surface area contributed by atoms with Gasteiger partial charge in [-0.15, -0.1) is 0 Å². The second-order valence-corrected chi connectivity index (χ2v) is 7.60. The van der Waals surface area contributed by atoms with E-state index in [9.17, 15) is 21.6 Å². The molecule has 1 saturated carbocycles. The van der Waals surface area contributed by atoms with Gasteiger partial charge < -0.3 is 5.32 Å². The van der Waals surface area contributed by atoms with E-state index < -0.39 is 21.7 Å². The fraction of sp³-hybridized carbons (Fsp3) is 0.750. The summed E-state index contributed by atoms with van der Waals surface area (Å²) in [6, 6.07) is 0.287. The smallest absolute Gasteiger partial charge is 0.310 e. The molecule has 0 amide bonds. The van der Waals surface area contributed by atoms with E-state index in [2.05, 4.69) is 10.4 Å². The third-order valence-electron chi connectivity index (χ3n) is 3.40. The zero-order valence-corrected chi connectivity index (χ0v) is 12.5. The van der Waals surface area contributed by atoms with Crippen molar-refractivity contribution in [2.24, 2.45) is 0 Å². The maximum atomic E-state index is 13.1. The summed E-state index contributed by atoms with van der Waals surface area (Å²) in [4.78, 5) is 0. The third-order valence-corrected chi connectivity index (χ3v) is 5.08. The van der Waals surface area contributed by atoms with Crippen LogP contribution in [0.2, 0.25) is 0 Å². The molecule has 0 spiro atoms. The number of rotatable bonds is 7. The molecule has 1 heterocycles. The van der Waals surface area contributed by atoms with E-state index in [0.717, 1.165) is 23.7 Å². The zero-order chi connectivity index (χ0) is 15.7. The van der Waals surface area contributed by atoms with Crippen LogP contribution < -0.4 is 5.32 Å². The average molecular weight is 325 g/mol. The molecule has 1 aliphatic rings. The summed E-state index contributed by atoms with van der Waals surface area (Å²) >= 11 is 0. The highest BCUT2D eigenvalue weighted by molar-refractivity contribution is 7.91. The van der Waals surface area contributed by atoms with Crippen molar-refractivity contribution in [3.05, 3.63) is 17.5 Å². The van der Waals surface area contributed by atoms with Crippen LogP contribution in [-0.2, 0) is 29.1 Å². The van der Waals surface area contributed by atoms with Crippen molar-refractivity contribution < 1.29 is 21.6 Å². The molecule has 0 unspecified atom stereocenters. The van der Waals surface area contributed by atoms with Crippen LogP contribution in [0.5, 0.6) is 0 Å². The van der Waals surface area contributed by atoms with Crippen LogP contribution >= 0.6 is 0 Å². The number of aromatic nitrogens is 2. The molecule has 0 aliphatic heterocycles. The van der Waals surface area contributed by atoms with Crippen molar-refractivity contribution >= 4 is 9.84 Å². The van der Waals surface area contributed by atoms with Crippen LogP contribution in [0.3, 0.4) is 0 Å². The Morgan fingerprint density at radius 2 is 2.10 bits per heavy atom. The Balaban J connectivity index is 2.15. The summed E-state index contributed by atoms with van der Waals surface area (Å²) in [5.74, 6) is -0.435. The second-order valence-electron chi connectivity index (χ2n) is 5.13. The van der Waals surface area contributed by atoms with Gasteiger partial charge in [0.15, 0.2) is 9.84 Å². The van der Waals surface area contributed by atoms with E-state index in [4.69, 9.17) is 0 Å². The fourth-order valence-corrected chi connectivity index (χ4v) is 2.70. The van der Waals surface area contributed by atoms with Gasteiger partial charge in [0.2, 0.25) is 0 Å². The first-order valence-corrected chi connectivity index (χ1v) is 8.61. The van der Waals surface area contributed by atoms with Crippen molar-refractivity contribution in [2.45, 2.75) is 45.1 Å². The van der Waals surface area contributed by atoms with Crippen LogP contribution in [0.25, 0.3) is 0 Å². The van der Waals surface area contributed by atoms with Crippen molar-refractivity contribution in [1.29, 1.82) is 0 Å². The van der Waals surface area contributed by atoms with E-state index in [0.29, 0.717) is 0 Å². The third kappa shape index (κ3) is 4.44. The predicted octanol–water partition coefficient (Wildman–Crippen LogP) is 1.59. The molecule has 0 saturated heterocycles. The zero-order valence-electron chi connectivity index (χ0n) is 11.7. The molecule has 0 aromatic carbocycles. The van der Waals surface area contributed by atoms with Crippen molar-refractivity contribution in [3.8, 4) is 0 Å². The number of hydrogen-bond acceptors (Lipinski definition) is 4. The Labute approximate surface area is 121 Å². The molecular formula is C12H18F3N3O2S. The van der Waals surface area contributed by atoms with E-state index >= 15 is 0 Å². The number of sulfone groups is 1. The Morgan fingerprint density at radius 3 is 2.62 bits per heavy atom. The first-order chi connectivity index (χ1) is 9.73. The highest BCUT2D eigenvalue weighted by Crippen LogP contribution is 2.32. The highest BCUT2D eigenvalue weighted by Gasteiger charge is 2.38. The van der Waals surface area contributed by atoms with Gasteiger partial charge in [-0.25, -0.2) is 8.42 Å². The lowest BCUT2D eigenvalue weighted by Crippen LogP contribution is -2.23. The molecule has 21 heavy (non-hydrogen) atoms. The van der Waals surface area contributed by atoms with Gasteiger partial charge in [-0.1, -0.05) is 6.92 Å². The molecule has 1 aromatic heterocycles. The van der Waals surface area contributed by atoms with Crippen molar-refractivity contribution in [2.75, 3.05) is 11.5 Å². The molecule has 1 aromatic rings. The number of nitrogens with zero attached hydrogens (tertiary/aromatic N) is 2. The molecule has 1 fully saturated rings. The molecule has 0 bridgehead atoms. The van der Waals surface area contributed by atoms with Crippen LogP contribution in [0.15, 0.2) is 6.20 Å². The average Bonchev–Trinajstić information content (AvgIpc) is 3.12. The van der Waals surface area contributed by atoms with Gasteiger partial charge in [-0.05, 0) is 12.8 Å². The summed E-state index contributed by atoms with van der Waals surface area (Å²) in [5.41, 5.74) is -0.801. The predicted molar refractivity (Wildman–Crippen MR) is 71.4 cm³/mol. The fourth-order valence-electron chi connectivity index (χ4n) is 1.96. The number of aryl methyl sites for hydroxylation is 1. The molecule has 2 rings (SSSR count). The van der Waals surface area contributed by atoms with Crippen LogP contribution in [0.1, 0.15) is 31.0 Å². The minimum absolute atomic E-state index is 0.0586. The lowest BCUT2D eigenvalue weighted by atomic mass is 10.2. The summed E-state index contributed by atoms with van der Waals surface area (Å²) < 4.78 is 63.0. The standard InChI is InChI=1S/C12H18F3N3O2S/c1-2-21(19,20)6-5-18-11(12(13,14)15)9(8-17-18)7-16-10-3-4-10/h8,10,16H,2-7H2,1H3. The topological polar surface area (TPSA) is 64.0 Å². The summed E-state index contributed by atoms with van der Waals surface area (Å²) in [5, 5.41) is 6.72. The summed E-state index contributed by atoms with van der Waals surface area (Å²) in [6.45, 7) is 1.28. The number of halogens is 3. The lowest BCUT2D eigenvalue weighted by Gasteiger charge is -2.13. The van der Waals surface area contributed by atoms with E-state index in [1.54, 1.807) is 0 Å². The molecule has 9 heteroatoms. The molecule has 1 N–H and O–H groups in total. The first kappa shape index (κ1) is 16.3. The van der Waals surface area contributed by atoms with Gasteiger partial charge in [0, 0.05) is 23.9 Å². The SMILES string of the molecule is CCS(=O)(=O)CCn1ncc(CNC2CC2)c1C(F)(F)F. The van der Waals surface area contributed by atoms with Crippen molar-refractivity contribution in [3.63, 3.8) is 0 Å². The molecule has 120 valence electrons. The molecule has 0 radical (unpaired) electrons. The number of hydrogen-bond donors (Lipinski definition) is 1. The molecule has 5 nitrogen and oxygen atoms in total. The molecule has 0 atom stereocenters. The number of alkyl halides is 3. The largest absolute Gasteiger partial charge is 0.433 e. The van der Waals surface area contributed by atoms with Crippen LogP contribution in [0.4, 0.5) is 13.2 Å². The maximum absolute atomic E-state index is 13.1. The quantitative estimate of drug-likeness (QED) is 0.827. The van der Waals surface area contributed by atoms with E-state index in [1.165, 1.54) is 6.92 Å². The highest BCUT2D eigenvalue weighted by atomic mass is 32.2. The summed E-state index contributed by atoms with van der Waals surface area (Å²) in [6.07, 6.45) is -1.43. The van der Waals surface area contributed by atoms with Gasteiger partial charge in [-0.3, -0.25) is 4.68 Å². The Kier molecular flexibility index (Phi) is 4.62. The monoisotopic (exact) mass is 325 g/mol. The van der Waals surface area contributed by atoms with Gasteiger partial charge in [0.25, 0.3) is 0 Å². The van der Waals surface area contributed by atoms with E-state index in [1.807, 2.05) is 0 Å². The van der Waals surface area contributed by atoms with Gasteiger partial charge in [-0.2, -0.15) is 18.3 Å². The van der Waals surface area contributed by atoms with Crippen LogP contribution in [-0.4, -0.2) is 35.7 Å². The first-order valence-electron chi connectivity index (χ1n) is 6.78. The Bertz CT molecular complexity index is 591. The van der Waals surface area contributed by atoms with Gasteiger partial charge in [0.1, 0.15) is 5.69 Å². The molecular weight excluding hydrogens is 307 g/mol. The second kappa shape index (κ2) is 5.96. The summed E-state index contributed by atoms with van der Waals surface area (Å²) in [7, 11) is -3.33. The minimum atomic E-state index is -4.55. The Hall–Kier alpha value is -1.09. The maximum Gasteiger partial charge on any atom is 0.433 e. The lowest BCUT2D eigenvalue weighted by molar-refractivity contribution is -0.144.